The zero-order valence-corrected chi connectivity index (χ0v) is 13.4. The molecule has 0 saturated heterocycles. The van der Waals surface area contributed by atoms with Crippen LogP contribution in [-0.4, -0.2) is 56.5 Å². The van der Waals surface area contributed by atoms with Crippen LogP contribution in [-0.2, 0) is 10.0 Å². The lowest BCUT2D eigenvalue weighted by molar-refractivity contribution is 0.312. The third-order valence-corrected chi connectivity index (χ3v) is 4.68. The lowest BCUT2D eigenvalue weighted by atomic mass is 10.2. The van der Waals surface area contributed by atoms with Gasteiger partial charge in [0.15, 0.2) is 0 Å². The molecule has 0 aromatic heterocycles. The van der Waals surface area contributed by atoms with Gasteiger partial charge in [0.1, 0.15) is 5.75 Å². The maximum Gasteiger partial charge on any atom is 0.243 e. The predicted molar refractivity (Wildman–Crippen MR) is 80.3 cm³/mol. The van der Waals surface area contributed by atoms with Crippen LogP contribution in [0.25, 0.3) is 0 Å². The molecule has 0 aliphatic heterocycles. The van der Waals surface area contributed by atoms with Crippen LogP contribution in [0, 0.1) is 5.92 Å². The lowest BCUT2D eigenvalue weighted by Crippen LogP contribution is -2.38. The first kappa shape index (κ1) is 16.9. The second-order valence-electron chi connectivity index (χ2n) is 5.56. The van der Waals surface area contributed by atoms with Crippen LogP contribution in [0.4, 0.5) is 0 Å². The number of hydrogen-bond donors (Lipinski definition) is 1. The number of nitrogens with zero attached hydrogens (tertiary/aromatic N) is 2. The van der Waals surface area contributed by atoms with Crippen LogP contribution in [0.15, 0.2) is 29.2 Å². The molecule has 0 aliphatic carbocycles. The fourth-order valence-corrected chi connectivity index (χ4v) is 3.46. The van der Waals surface area contributed by atoms with Gasteiger partial charge in [-0.2, -0.15) is 4.31 Å². The van der Waals surface area contributed by atoms with Crippen LogP contribution in [0.1, 0.15) is 13.8 Å². The average molecular weight is 300 g/mol. The van der Waals surface area contributed by atoms with E-state index < -0.39 is 10.0 Å². The Labute approximate surface area is 121 Å². The molecule has 1 aromatic rings. The van der Waals surface area contributed by atoms with Crippen LogP contribution in [0.2, 0.25) is 0 Å². The van der Waals surface area contributed by atoms with E-state index in [4.69, 9.17) is 0 Å². The summed E-state index contributed by atoms with van der Waals surface area (Å²) in [5.74, 6) is 0.201. The highest BCUT2D eigenvalue weighted by atomic mass is 32.2. The van der Waals surface area contributed by atoms with E-state index in [9.17, 15) is 13.5 Å². The summed E-state index contributed by atoms with van der Waals surface area (Å²) in [6.07, 6.45) is 0. The third kappa shape index (κ3) is 4.77. The lowest BCUT2D eigenvalue weighted by Gasteiger charge is -2.25. The molecule has 6 heteroatoms. The quantitative estimate of drug-likeness (QED) is 0.831. The molecule has 20 heavy (non-hydrogen) atoms. The Kier molecular flexibility index (Phi) is 5.98. The molecule has 0 saturated carbocycles. The highest BCUT2D eigenvalue weighted by molar-refractivity contribution is 7.89. The van der Waals surface area contributed by atoms with Gasteiger partial charge in [-0.25, -0.2) is 8.42 Å². The second-order valence-corrected chi connectivity index (χ2v) is 7.50. The van der Waals surface area contributed by atoms with Crippen molar-refractivity contribution in [2.24, 2.45) is 5.92 Å². The first-order chi connectivity index (χ1) is 9.23. The van der Waals surface area contributed by atoms with E-state index in [1.165, 1.54) is 22.5 Å². The predicted octanol–water partition coefficient (Wildman–Crippen LogP) is 1.60. The van der Waals surface area contributed by atoms with Crippen LogP contribution in [0.3, 0.4) is 0 Å². The third-order valence-electron chi connectivity index (χ3n) is 2.82. The average Bonchev–Trinajstić information content (AvgIpc) is 2.33. The highest BCUT2D eigenvalue weighted by Crippen LogP contribution is 2.20. The zero-order valence-electron chi connectivity index (χ0n) is 12.6. The van der Waals surface area contributed by atoms with Crippen molar-refractivity contribution in [1.82, 2.24) is 9.21 Å². The van der Waals surface area contributed by atoms with Gasteiger partial charge < -0.3 is 10.0 Å². The zero-order chi connectivity index (χ0) is 15.3. The van der Waals surface area contributed by atoms with Gasteiger partial charge in [-0.05, 0) is 38.2 Å². The standard InChI is InChI=1S/C14H24N2O3S/c1-12(2)11-16(9-8-15(3)4)20(18,19)14-7-5-6-13(17)10-14/h5-7,10,12,17H,8-9,11H2,1-4H3. The van der Waals surface area contributed by atoms with Crippen molar-refractivity contribution >= 4 is 10.0 Å². The van der Waals surface area contributed by atoms with Crippen molar-refractivity contribution in [3.05, 3.63) is 24.3 Å². The first-order valence-electron chi connectivity index (χ1n) is 6.67. The summed E-state index contributed by atoms with van der Waals surface area (Å²) in [7, 11) is 0.255. The molecule has 0 atom stereocenters. The van der Waals surface area contributed by atoms with Gasteiger partial charge in [-0.1, -0.05) is 19.9 Å². The Balaban J connectivity index is 3.03. The molecule has 1 rings (SSSR count). The molecule has 1 N–H and O–H groups in total. The van der Waals surface area contributed by atoms with E-state index in [0.29, 0.717) is 19.6 Å². The Morgan fingerprint density at radius 3 is 2.35 bits per heavy atom. The Morgan fingerprint density at radius 2 is 1.85 bits per heavy atom. The molecule has 0 amide bonds. The molecule has 0 heterocycles. The van der Waals surface area contributed by atoms with E-state index >= 15 is 0 Å². The van der Waals surface area contributed by atoms with Crippen molar-refractivity contribution in [2.75, 3.05) is 33.7 Å². The molecule has 0 unspecified atom stereocenters. The smallest absolute Gasteiger partial charge is 0.243 e. The molecule has 0 radical (unpaired) electrons. The fourth-order valence-electron chi connectivity index (χ4n) is 1.82. The summed E-state index contributed by atoms with van der Waals surface area (Å²) in [4.78, 5) is 2.09. The summed E-state index contributed by atoms with van der Waals surface area (Å²) in [6.45, 7) is 5.53. The molecular formula is C14H24N2O3S. The highest BCUT2D eigenvalue weighted by Gasteiger charge is 2.25. The van der Waals surface area contributed by atoms with Crippen molar-refractivity contribution in [3.63, 3.8) is 0 Å². The minimum atomic E-state index is -3.57. The molecule has 0 spiro atoms. The largest absolute Gasteiger partial charge is 0.508 e. The molecule has 5 nitrogen and oxygen atoms in total. The molecule has 0 fully saturated rings. The normalized spacial score (nSPS) is 12.6. The Morgan fingerprint density at radius 1 is 1.20 bits per heavy atom. The number of rotatable bonds is 7. The van der Waals surface area contributed by atoms with Crippen LogP contribution in [0.5, 0.6) is 5.75 Å². The maximum atomic E-state index is 12.6. The van der Waals surface area contributed by atoms with Crippen molar-refractivity contribution in [2.45, 2.75) is 18.7 Å². The number of likely N-dealkylation sites (N-methyl/N-ethyl adjacent to an activating group) is 1. The molecule has 1 aromatic carbocycles. The topological polar surface area (TPSA) is 60.9 Å². The minimum Gasteiger partial charge on any atom is -0.508 e. The molecular weight excluding hydrogens is 276 g/mol. The summed E-state index contributed by atoms with van der Waals surface area (Å²) >= 11 is 0. The van der Waals surface area contributed by atoms with Gasteiger partial charge in [0.2, 0.25) is 10.0 Å². The van der Waals surface area contributed by atoms with Crippen molar-refractivity contribution in [1.29, 1.82) is 0 Å². The number of phenolic OH excluding ortho intramolecular Hbond substituents is 1. The Hall–Kier alpha value is -1.11. The van der Waals surface area contributed by atoms with E-state index in [2.05, 4.69) is 0 Å². The number of hydrogen-bond acceptors (Lipinski definition) is 4. The van der Waals surface area contributed by atoms with Gasteiger partial charge in [-0.3, -0.25) is 0 Å². The molecule has 0 bridgehead atoms. The number of phenols is 1. The summed E-state index contributed by atoms with van der Waals surface area (Å²) in [5.41, 5.74) is 0. The van der Waals surface area contributed by atoms with E-state index in [0.717, 1.165) is 0 Å². The van der Waals surface area contributed by atoms with Crippen LogP contribution < -0.4 is 0 Å². The SMILES string of the molecule is CC(C)CN(CCN(C)C)S(=O)(=O)c1cccc(O)c1. The fraction of sp³-hybridized carbons (Fsp3) is 0.571. The number of benzene rings is 1. The minimum absolute atomic E-state index is 0.0387. The number of sulfonamides is 1. The number of aromatic hydroxyl groups is 1. The molecule has 114 valence electrons. The summed E-state index contributed by atoms with van der Waals surface area (Å²) in [5, 5.41) is 9.47. The van der Waals surface area contributed by atoms with Gasteiger partial charge in [-0.15, -0.1) is 0 Å². The monoisotopic (exact) mass is 300 g/mol. The van der Waals surface area contributed by atoms with E-state index in [-0.39, 0.29) is 16.6 Å². The van der Waals surface area contributed by atoms with Gasteiger partial charge in [0.05, 0.1) is 4.90 Å². The maximum absolute atomic E-state index is 12.6. The van der Waals surface area contributed by atoms with Crippen LogP contribution >= 0.6 is 0 Å². The van der Waals surface area contributed by atoms with Crippen molar-refractivity contribution < 1.29 is 13.5 Å². The summed E-state index contributed by atoms with van der Waals surface area (Å²) in [6, 6.07) is 5.81. The Bertz CT molecular complexity index is 527. The first-order valence-corrected chi connectivity index (χ1v) is 8.11. The van der Waals surface area contributed by atoms with Crippen molar-refractivity contribution in [3.8, 4) is 5.75 Å². The molecule has 0 aliphatic rings. The second kappa shape index (κ2) is 7.06. The van der Waals surface area contributed by atoms with Gasteiger partial charge in [0, 0.05) is 19.6 Å². The van der Waals surface area contributed by atoms with Gasteiger partial charge in [0.25, 0.3) is 0 Å². The summed E-state index contributed by atoms with van der Waals surface area (Å²) < 4.78 is 26.7. The van der Waals surface area contributed by atoms with E-state index in [1.54, 1.807) is 6.07 Å². The van der Waals surface area contributed by atoms with Gasteiger partial charge >= 0.3 is 0 Å². The van der Waals surface area contributed by atoms with E-state index in [1.807, 2.05) is 32.8 Å².